The van der Waals surface area contributed by atoms with E-state index >= 15 is 0 Å². The summed E-state index contributed by atoms with van der Waals surface area (Å²) in [7, 11) is 2.57. The Morgan fingerprint density at radius 2 is 1.95 bits per heavy atom. The van der Waals surface area contributed by atoms with Gasteiger partial charge in [-0.3, -0.25) is 0 Å². The molecule has 19 heavy (non-hydrogen) atoms. The van der Waals surface area contributed by atoms with E-state index in [0.717, 1.165) is 25.7 Å². The number of nitrogens with two attached hydrogens (primary N) is 1. The second kappa shape index (κ2) is 5.17. The van der Waals surface area contributed by atoms with Gasteiger partial charge in [0.2, 0.25) is 0 Å². The minimum Gasteiger partial charge on any atom is -0.493 e. The molecule has 0 unspecified atom stereocenters. The van der Waals surface area contributed by atoms with Crippen LogP contribution in [0.15, 0.2) is 12.1 Å². The number of methoxy groups -OCH3 is 2. The molecule has 1 aliphatic carbocycles. The third-order valence-electron chi connectivity index (χ3n) is 3.72. The molecule has 1 saturated carbocycles. The van der Waals surface area contributed by atoms with E-state index < -0.39 is 17.3 Å². The van der Waals surface area contributed by atoms with Crippen LogP contribution in [-0.2, 0) is 10.3 Å². The first-order valence-corrected chi connectivity index (χ1v) is 6.27. The molecule has 0 spiro atoms. The van der Waals surface area contributed by atoms with Crippen LogP contribution in [0.2, 0.25) is 0 Å². The van der Waals surface area contributed by atoms with Gasteiger partial charge in [0.15, 0.2) is 11.6 Å². The quantitative estimate of drug-likeness (QED) is 0.854. The van der Waals surface area contributed by atoms with E-state index in [0.29, 0.717) is 5.56 Å². The molecule has 0 aliphatic heterocycles. The van der Waals surface area contributed by atoms with Crippen LogP contribution in [0.25, 0.3) is 0 Å². The van der Waals surface area contributed by atoms with Crippen molar-refractivity contribution in [3.8, 4) is 5.75 Å². The highest BCUT2D eigenvalue weighted by molar-refractivity contribution is 5.92. The molecule has 0 radical (unpaired) electrons. The summed E-state index contributed by atoms with van der Waals surface area (Å²) in [6.45, 7) is 0. The Morgan fingerprint density at radius 3 is 2.47 bits per heavy atom. The van der Waals surface area contributed by atoms with Crippen LogP contribution < -0.4 is 10.5 Å². The van der Waals surface area contributed by atoms with E-state index in [2.05, 4.69) is 4.74 Å². The molecule has 0 atom stereocenters. The zero-order valence-corrected chi connectivity index (χ0v) is 11.2. The van der Waals surface area contributed by atoms with Crippen molar-refractivity contribution in [1.82, 2.24) is 0 Å². The first-order valence-electron chi connectivity index (χ1n) is 6.27. The van der Waals surface area contributed by atoms with Crippen molar-refractivity contribution in [2.24, 2.45) is 5.73 Å². The van der Waals surface area contributed by atoms with Gasteiger partial charge < -0.3 is 15.2 Å². The molecular formula is C14H18FNO3. The molecule has 1 aromatic rings. The predicted octanol–water partition coefficient (Wildman–Crippen LogP) is 2.35. The zero-order valence-electron chi connectivity index (χ0n) is 11.2. The lowest BCUT2D eigenvalue weighted by Gasteiger charge is -2.25. The van der Waals surface area contributed by atoms with E-state index in [1.54, 1.807) is 6.07 Å². The maximum Gasteiger partial charge on any atom is 0.341 e. The molecule has 0 saturated heterocycles. The maximum absolute atomic E-state index is 14.0. The fraction of sp³-hybridized carbons (Fsp3) is 0.500. The van der Waals surface area contributed by atoms with Crippen LogP contribution in [0.1, 0.15) is 41.6 Å². The molecule has 1 fully saturated rings. The first kappa shape index (κ1) is 13.8. The largest absolute Gasteiger partial charge is 0.493 e. The fourth-order valence-electron chi connectivity index (χ4n) is 2.64. The van der Waals surface area contributed by atoms with E-state index in [1.165, 1.54) is 20.3 Å². The van der Waals surface area contributed by atoms with Gasteiger partial charge in [-0.05, 0) is 30.5 Å². The van der Waals surface area contributed by atoms with Gasteiger partial charge in [0.05, 0.1) is 14.2 Å². The first-order chi connectivity index (χ1) is 9.01. The third kappa shape index (κ3) is 2.42. The summed E-state index contributed by atoms with van der Waals surface area (Å²) >= 11 is 0. The fourth-order valence-corrected chi connectivity index (χ4v) is 2.64. The molecule has 104 valence electrons. The molecule has 0 bridgehead atoms. The maximum atomic E-state index is 14.0. The van der Waals surface area contributed by atoms with Crippen molar-refractivity contribution < 1.29 is 18.7 Å². The number of hydrogen-bond donors (Lipinski definition) is 1. The Labute approximate surface area is 111 Å². The van der Waals surface area contributed by atoms with Crippen molar-refractivity contribution in [3.05, 3.63) is 29.1 Å². The molecule has 2 rings (SSSR count). The lowest BCUT2D eigenvalue weighted by Crippen LogP contribution is -2.33. The highest BCUT2D eigenvalue weighted by Gasteiger charge is 2.33. The number of benzene rings is 1. The summed E-state index contributed by atoms with van der Waals surface area (Å²) in [6, 6.07) is 2.94. The summed E-state index contributed by atoms with van der Waals surface area (Å²) in [5.74, 6) is -1.31. The number of carbonyl (C=O) groups is 1. The van der Waals surface area contributed by atoms with Gasteiger partial charge in [0.25, 0.3) is 0 Å². The van der Waals surface area contributed by atoms with Gasteiger partial charge in [-0.15, -0.1) is 0 Å². The highest BCUT2D eigenvalue weighted by atomic mass is 19.1. The average Bonchev–Trinajstić information content (AvgIpc) is 2.85. The van der Waals surface area contributed by atoms with Crippen molar-refractivity contribution >= 4 is 5.97 Å². The number of halogens is 1. The molecule has 1 aliphatic rings. The van der Waals surface area contributed by atoms with E-state index in [-0.39, 0.29) is 11.3 Å². The second-order valence-corrected chi connectivity index (χ2v) is 4.89. The SMILES string of the molecule is COC(=O)c1cc(C2(N)CCCC2)cc(F)c1OC. The number of rotatable bonds is 3. The van der Waals surface area contributed by atoms with Gasteiger partial charge in [-0.1, -0.05) is 12.8 Å². The minimum atomic E-state index is -0.626. The van der Waals surface area contributed by atoms with Gasteiger partial charge >= 0.3 is 5.97 Å². The monoisotopic (exact) mass is 267 g/mol. The van der Waals surface area contributed by atoms with Crippen LogP contribution in [-0.4, -0.2) is 20.2 Å². The van der Waals surface area contributed by atoms with Crippen molar-refractivity contribution in [3.63, 3.8) is 0 Å². The molecule has 5 heteroatoms. The molecule has 4 nitrogen and oxygen atoms in total. The van der Waals surface area contributed by atoms with Crippen molar-refractivity contribution in [1.29, 1.82) is 0 Å². The van der Waals surface area contributed by atoms with E-state index in [9.17, 15) is 9.18 Å². The van der Waals surface area contributed by atoms with Gasteiger partial charge in [0.1, 0.15) is 5.56 Å². The Hall–Kier alpha value is -1.62. The molecule has 0 aromatic heterocycles. The Bertz CT molecular complexity index is 496. The normalized spacial score (nSPS) is 17.3. The van der Waals surface area contributed by atoms with Gasteiger partial charge in [-0.2, -0.15) is 0 Å². The number of hydrogen-bond acceptors (Lipinski definition) is 4. The summed E-state index contributed by atoms with van der Waals surface area (Å²) < 4.78 is 23.6. The van der Waals surface area contributed by atoms with E-state index in [4.69, 9.17) is 10.5 Å². The molecule has 2 N–H and O–H groups in total. The number of esters is 1. The van der Waals surface area contributed by atoms with Crippen LogP contribution >= 0.6 is 0 Å². The molecular weight excluding hydrogens is 249 g/mol. The molecule has 1 aromatic carbocycles. The Morgan fingerprint density at radius 1 is 1.32 bits per heavy atom. The highest BCUT2D eigenvalue weighted by Crippen LogP contribution is 2.38. The van der Waals surface area contributed by atoms with Crippen LogP contribution in [0.4, 0.5) is 4.39 Å². The third-order valence-corrected chi connectivity index (χ3v) is 3.72. The summed E-state index contributed by atoms with van der Waals surface area (Å²) in [6.07, 6.45) is 3.61. The Balaban J connectivity index is 2.53. The van der Waals surface area contributed by atoms with Crippen molar-refractivity contribution in [2.45, 2.75) is 31.2 Å². The number of ether oxygens (including phenoxy) is 2. The summed E-state index contributed by atoms with van der Waals surface area (Å²) in [5, 5.41) is 0. The van der Waals surface area contributed by atoms with Gasteiger partial charge in [0, 0.05) is 5.54 Å². The standard InChI is InChI=1S/C14H18FNO3/c1-18-12-10(13(17)19-2)7-9(8-11(12)15)14(16)5-3-4-6-14/h7-8H,3-6,16H2,1-2H3. The second-order valence-electron chi connectivity index (χ2n) is 4.89. The topological polar surface area (TPSA) is 61.5 Å². The van der Waals surface area contributed by atoms with E-state index in [1.807, 2.05) is 0 Å². The van der Waals surface area contributed by atoms with Crippen LogP contribution in [0.3, 0.4) is 0 Å². The van der Waals surface area contributed by atoms with Crippen molar-refractivity contribution in [2.75, 3.05) is 14.2 Å². The minimum absolute atomic E-state index is 0.0803. The predicted molar refractivity (Wildman–Crippen MR) is 68.6 cm³/mol. The van der Waals surface area contributed by atoms with Gasteiger partial charge in [-0.25, -0.2) is 9.18 Å². The van der Waals surface area contributed by atoms with Crippen LogP contribution in [0.5, 0.6) is 5.75 Å². The van der Waals surface area contributed by atoms with Crippen LogP contribution in [0, 0.1) is 5.82 Å². The average molecular weight is 267 g/mol. The lowest BCUT2D eigenvalue weighted by molar-refractivity contribution is 0.0596. The Kier molecular flexibility index (Phi) is 3.75. The molecule has 0 heterocycles. The number of carbonyl (C=O) groups excluding carboxylic acids is 1. The zero-order chi connectivity index (χ0) is 14.0. The summed E-state index contributed by atoms with van der Waals surface area (Å²) in [5.41, 5.74) is 6.44. The lowest BCUT2D eigenvalue weighted by atomic mass is 9.88. The summed E-state index contributed by atoms with van der Waals surface area (Å²) in [4.78, 5) is 11.7. The smallest absolute Gasteiger partial charge is 0.341 e. The molecule has 0 amide bonds.